The first kappa shape index (κ1) is 15.3. The van der Waals surface area contributed by atoms with Crippen LogP contribution in [0.2, 0.25) is 0 Å². The molecule has 2 aromatic rings. The fraction of sp³-hybridized carbons (Fsp3) is 0.286. The zero-order valence-corrected chi connectivity index (χ0v) is 15.0. The third-order valence-electron chi connectivity index (χ3n) is 3.20. The topological polar surface area (TPSA) is 74.6 Å². The predicted octanol–water partition coefficient (Wildman–Crippen LogP) is 2.10. The van der Waals surface area contributed by atoms with E-state index in [0.29, 0.717) is 22.3 Å². The molecule has 2 aromatic heterocycles. The average molecular weight is 404 g/mol. The van der Waals surface area contributed by atoms with Crippen LogP contribution in [0.1, 0.15) is 38.5 Å². The summed E-state index contributed by atoms with van der Waals surface area (Å²) in [6, 6.07) is 0. The number of aryl methyl sites for hydroxylation is 4. The van der Waals surface area contributed by atoms with Crippen LogP contribution in [-0.2, 0) is 0 Å². The van der Waals surface area contributed by atoms with Crippen molar-refractivity contribution < 1.29 is 19.8 Å². The fourth-order valence-corrected chi connectivity index (χ4v) is 6.92. The summed E-state index contributed by atoms with van der Waals surface area (Å²) in [5.74, 6) is -1.92. The quantitative estimate of drug-likeness (QED) is 0.769. The molecule has 0 amide bonds. The monoisotopic (exact) mass is 406 g/mol. The molecule has 0 aliphatic carbocycles. The summed E-state index contributed by atoms with van der Waals surface area (Å²) in [7, 11) is 0. The van der Waals surface area contributed by atoms with Crippen LogP contribution < -0.4 is 0 Å². The molecule has 0 spiro atoms. The Morgan fingerprint density at radius 3 is 1.25 bits per heavy atom. The Labute approximate surface area is 128 Å². The van der Waals surface area contributed by atoms with E-state index in [1.54, 1.807) is 0 Å². The molecule has 0 bridgehead atoms. The summed E-state index contributed by atoms with van der Waals surface area (Å²) in [5.41, 5.74) is 1.93. The molecular formula is C14H14O4Se2. The van der Waals surface area contributed by atoms with Gasteiger partial charge in [0.15, 0.2) is 0 Å². The van der Waals surface area contributed by atoms with E-state index in [0.717, 1.165) is 17.7 Å². The van der Waals surface area contributed by atoms with Gasteiger partial charge in [0, 0.05) is 0 Å². The van der Waals surface area contributed by atoms with E-state index in [2.05, 4.69) is 0 Å². The van der Waals surface area contributed by atoms with Crippen LogP contribution in [0.3, 0.4) is 0 Å². The van der Waals surface area contributed by atoms with Crippen molar-refractivity contribution in [2.45, 2.75) is 27.7 Å². The first-order valence-corrected chi connectivity index (χ1v) is 9.35. The minimum atomic E-state index is -0.960. The molecule has 0 atom stereocenters. The third-order valence-corrected chi connectivity index (χ3v) is 7.48. The van der Waals surface area contributed by atoms with Gasteiger partial charge in [0.2, 0.25) is 0 Å². The van der Waals surface area contributed by atoms with Crippen LogP contribution in [0.4, 0.5) is 0 Å². The van der Waals surface area contributed by atoms with Crippen LogP contribution in [0.15, 0.2) is 0 Å². The molecule has 20 heavy (non-hydrogen) atoms. The summed E-state index contributed by atoms with van der Waals surface area (Å²) in [6.45, 7) is 7.48. The molecule has 2 N–H and O–H groups in total. The fourth-order valence-electron chi connectivity index (χ4n) is 2.48. The van der Waals surface area contributed by atoms with Gasteiger partial charge in [0.1, 0.15) is 0 Å². The van der Waals surface area contributed by atoms with E-state index in [1.165, 1.54) is 0 Å². The van der Waals surface area contributed by atoms with E-state index in [9.17, 15) is 19.8 Å². The molecule has 106 valence electrons. The SMILES string of the molecule is Cc1[se]c(C)c(-c2c(C)[se]c(C)c2C(=O)O)c1C(=O)O. The van der Waals surface area contributed by atoms with E-state index < -0.39 is 11.9 Å². The average Bonchev–Trinajstić information content (AvgIpc) is 2.74. The summed E-state index contributed by atoms with van der Waals surface area (Å²) in [5, 5.41) is 18.9. The van der Waals surface area contributed by atoms with Gasteiger partial charge >= 0.3 is 128 Å². The summed E-state index contributed by atoms with van der Waals surface area (Å²) < 4.78 is 3.73. The molecule has 0 radical (unpaired) electrons. The number of carboxylic acids is 2. The van der Waals surface area contributed by atoms with Gasteiger partial charge in [-0.05, 0) is 0 Å². The third kappa shape index (κ3) is 2.33. The maximum atomic E-state index is 11.5. The maximum absolute atomic E-state index is 11.5. The van der Waals surface area contributed by atoms with Crippen LogP contribution in [-0.4, -0.2) is 51.2 Å². The molecular weight excluding hydrogens is 390 g/mol. The first-order chi connectivity index (χ1) is 9.25. The van der Waals surface area contributed by atoms with Crippen LogP contribution >= 0.6 is 0 Å². The number of carboxylic acid groups (broad SMARTS) is 2. The van der Waals surface area contributed by atoms with Gasteiger partial charge in [-0.1, -0.05) is 0 Å². The molecule has 0 fully saturated rings. The Balaban J connectivity index is 2.89. The zero-order chi connectivity index (χ0) is 15.2. The Morgan fingerprint density at radius 1 is 0.700 bits per heavy atom. The van der Waals surface area contributed by atoms with Gasteiger partial charge in [0.05, 0.1) is 0 Å². The van der Waals surface area contributed by atoms with Gasteiger partial charge in [-0.3, -0.25) is 0 Å². The number of aromatic carboxylic acids is 2. The van der Waals surface area contributed by atoms with Crippen molar-refractivity contribution in [2.75, 3.05) is 0 Å². The molecule has 0 aliphatic rings. The molecule has 0 aromatic carbocycles. The second-order valence-electron chi connectivity index (χ2n) is 4.54. The van der Waals surface area contributed by atoms with Crippen molar-refractivity contribution in [1.29, 1.82) is 0 Å². The second-order valence-corrected chi connectivity index (χ2v) is 10.5. The molecule has 4 nitrogen and oxygen atoms in total. The molecule has 0 unspecified atom stereocenters. The van der Waals surface area contributed by atoms with Crippen molar-refractivity contribution in [3.8, 4) is 11.1 Å². The molecule has 0 saturated carbocycles. The summed E-state index contributed by atoms with van der Waals surface area (Å²) >= 11 is 0.00683. The Bertz CT molecular complexity index is 660. The molecule has 6 heteroatoms. The van der Waals surface area contributed by atoms with Crippen LogP contribution in [0.25, 0.3) is 11.1 Å². The molecule has 0 saturated heterocycles. The molecule has 2 heterocycles. The van der Waals surface area contributed by atoms with Gasteiger partial charge in [-0.2, -0.15) is 0 Å². The standard InChI is InChI=1S/C14H14O4Se2/c1-5-9(11(13(15)16)7(3)19-5)10-6(2)20-8(4)12(10)14(17)18/h1-4H3,(H,15,16)(H,17,18). The van der Waals surface area contributed by atoms with E-state index >= 15 is 0 Å². The minimum absolute atomic E-state index is 0.00342. The summed E-state index contributed by atoms with van der Waals surface area (Å²) in [4.78, 5) is 23.1. The van der Waals surface area contributed by atoms with Crippen LogP contribution in [0.5, 0.6) is 0 Å². The van der Waals surface area contributed by atoms with Crippen molar-refractivity contribution in [2.24, 2.45) is 0 Å². The van der Waals surface area contributed by atoms with Gasteiger partial charge in [0.25, 0.3) is 0 Å². The number of hydrogen-bond acceptors (Lipinski definition) is 2. The predicted molar refractivity (Wildman–Crippen MR) is 78.6 cm³/mol. The first-order valence-electron chi connectivity index (χ1n) is 5.92. The van der Waals surface area contributed by atoms with Crippen molar-refractivity contribution in [1.82, 2.24) is 0 Å². The van der Waals surface area contributed by atoms with Gasteiger partial charge in [-0.25, -0.2) is 0 Å². The Morgan fingerprint density at radius 2 is 1.00 bits per heavy atom. The number of carbonyl (C=O) groups is 2. The number of hydrogen-bond donors (Lipinski definition) is 2. The van der Waals surface area contributed by atoms with Crippen molar-refractivity contribution in [3.05, 3.63) is 28.9 Å². The Hall–Kier alpha value is -1.06. The van der Waals surface area contributed by atoms with E-state index in [-0.39, 0.29) is 29.0 Å². The molecule has 0 aliphatic heterocycles. The van der Waals surface area contributed by atoms with E-state index in [1.807, 2.05) is 27.7 Å². The molecule has 2 rings (SSSR count). The normalized spacial score (nSPS) is 10.8. The zero-order valence-electron chi connectivity index (χ0n) is 11.5. The van der Waals surface area contributed by atoms with Gasteiger partial charge < -0.3 is 0 Å². The van der Waals surface area contributed by atoms with Crippen molar-refractivity contribution >= 4 is 40.9 Å². The van der Waals surface area contributed by atoms with Crippen LogP contribution in [0, 0.1) is 27.7 Å². The second kappa shape index (κ2) is 5.38. The van der Waals surface area contributed by atoms with Crippen molar-refractivity contribution in [3.63, 3.8) is 0 Å². The van der Waals surface area contributed by atoms with Gasteiger partial charge in [-0.15, -0.1) is 0 Å². The van der Waals surface area contributed by atoms with E-state index in [4.69, 9.17) is 0 Å². The number of rotatable bonds is 3. The summed E-state index contributed by atoms with van der Waals surface area (Å²) in [6.07, 6.45) is 0. The Kier molecular flexibility index (Phi) is 4.12.